The Hall–Kier alpha value is -1.63. The zero-order valence-corrected chi connectivity index (χ0v) is 16.5. The molecule has 2 aromatic rings. The van der Waals surface area contributed by atoms with Crippen LogP contribution in [0, 0.1) is 5.92 Å². The summed E-state index contributed by atoms with van der Waals surface area (Å²) in [7, 11) is -3.33. The molecule has 0 radical (unpaired) electrons. The molecule has 2 unspecified atom stereocenters. The molecule has 6 heteroatoms. The van der Waals surface area contributed by atoms with Crippen molar-refractivity contribution < 1.29 is 12.8 Å². The van der Waals surface area contributed by atoms with Crippen molar-refractivity contribution in [3.63, 3.8) is 0 Å². The molecule has 1 fully saturated rings. The van der Waals surface area contributed by atoms with Gasteiger partial charge in [-0.1, -0.05) is 31.2 Å². The molecule has 2 N–H and O–H groups in total. The summed E-state index contributed by atoms with van der Waals surface area (Å²) in [5, 5.41) is 3.36. The second-order valence-corrected chi connectivity index (χ2v) is 9.28. The minimum Gasteiger partial charge on any atom is -0.464 e. The van der Waals surface area contributed by atoms with E-state index in [1.807, 2.05) is 44.2 Å². The third-order valence-electron chi connectivity index (χ3n) is 4.65. The average molecular weight is 377 g/mol. The van der Waals surface area contributed by atoms with Crippen LogP contribution in [-0.2, 0) is 28.9 Å². The van der Waals surface area contributed by atoms with Crippen LogP contribution in [0.1, 0.15) is 55.8 Å². The number of furan rings is 1. The van der Waals surface area contributed by atoms with Crippen LogP contribution in [0.4, 0.5) is 0 Å². The van der Waals surface area contributed by atoms with Crippen LogP contribution in [0.25, 0.3) is 0 Å². The molecule has 142 valence electrons. The van der Waals surface area contributed by atoms with Crippen LogP contribution in [0.5, 0.6) is 0 Å². The quantitative estimate of drug-likeness (QED) is 0.702. The molecule has 1 saturated carbocycles. The molecular formula is C20H28N2O3S. The van der Waals surface area contributed by atoms with Gasteiger partial charge in [-0.3, -0.25) is 0 Å². The van der Waals surface area contributed by atoms with Crippen molar-refractivity contribution in [2.75, 3.05) is 0 Å². The Morgan fingerprint density at radius 3 is 2.46 bits per heavy atom. The van der Waals surface area contributed by atoms with Crippen molar-refractivity contribution in [1.82, 2.24) is 10.0 Å². The molecule has 0 amide bonds. The van der Waals surface area contributed by atoms with Gasteiger partial charge in [-0.05, 0) is 49.4 Å². The highest BCUT2D eigenvalue weighted by molar-refractivity contribution is 7.88. The first-order valence-electron chi connectivity index (χ1n) is 9.20. The predicted molar refractivity (Wildman–Crippen MR) is 103 cm³/mol. The van der Waals surface area contributed by atoms with E-state index in [-0.39, 0.29) is 11.8 Å². The third kappa shape index (κ3) is 5.19. The lowest BCUT2D eigenvalue weighted by Crippen LogP contribution is -2.31. The molecule has 1 aromatic heterocycles. The van der Waals surface area contributed by atoms with Crippen molar-refractivity contribution >= 4 is 10.0 Å². The number of rotatable bonds is 9. The Morgan fingerprint density at radius 2 is 1.81 bits per heavy atom. The van der Waals surface area contributed by atoms with Gasteiger partial charge in [-0.15, -0.1) is 0 Å². The highest BCUT2D eigenvalue weighted by atomic mass is 32.2. The minimum atomic E-state index is -3.33. The predicted octanol–water partition coefficient (Wildman–Crippen LogP) is 3.52. The zero-order valence-electron chi connectivity index (χ0n) is 15.7. The standard InChI is InChI=1S/C20H28N2O3S/c1-14(2)22-26(23,24)13-17-7-5-4-6-16(17)11-21-12-18-8-9-20(25-18)19-10-15(19)3/h4-9,14-15,19,21-22H,10-13H2,1-3H3. The summed E-state index contributed by atoms with van der Waals surface area (Å²) in [4.78, 5) is 0. The number of benzene rings is 1. The molecule has 1 aliphatic carbocycles. The van der Waals surface area contributed by atoms with E-state index in [9.17, 15) is 8.42 Å². The van der Waals surface area contributed by atoms with E-state index >= 15 is 0 Å². The Kier molecular flexibility index (Phi) is 5.85. The van der Waals surface area contributed by atoms with Crippen molar-refractivity contribution in [2.24, 2.45) is 5.92 Å². The zero-order chi connectivity index (χ0) is 18.7. The van der Waals surface area contributed by atoms with Crippen molar-refractivity contribution in [1.29, 1.82) is 0 Å². The van der Waals surface area contributed by atoms with E-state index in [1.54, 1.807) is 0 Å². The Morgan fingerprint density at radius 1 is 1.12 bits per heavy atom. The number of hydrogen-bond acceptors (Lipinski definition) is 4. The molecule has 1 heterocycles. The lowest BCUT2D eigenvalue weighted by atomic mass is 10.1. The van der Waals surface area contributed by atoms with Gasteiger partial charge in [0, 0.05) is 18.5 Å². The highest BCUT2D eigenvalue weighted by Crippen LogP contribution is 2.47. The molecule has 0 aliphatic heterocycles. The SMILES string of the molecule is CC(C)NS(=O)(=O)Cc1ccccc1CNCc1ccc(C2CC2C)o1. The van der Waals surface area contributed by atoms with Gasteiger partial charge in [0.2, 0.25) is 10.0 Å². The van der Waals surface area contributed by atoms with Gasteiger partial charge in [0.25, 0.3) is 0 Å². The second-order valence-electron chi connectivity index (χ2n) is 7.53. The Bertz CT molecular complexity index is 842. The molecule has 2 atom stereocenters. The molecule has 1 aliphatic rings. The molecule has 0 saturated heterocycles. The summed E-state index contributed by atoms with van der Waals surface area (Å²) < 4.78 is 33.0. The van der Waals surface area contributed by atoms with Gasteiger partial charge in [0.05, 0.1) is 12.3 Å². The average Bonchev–Trinajstić information content (AvgIpc) is 3.09. The summed E-state index contributed by atoms with van der Waals surface area (Å²) in [5.74, 6) is 3.32. The van der Waals surface area contributed by atoms with E-state index in [0.29, 0.717) is 19.0 Å². The smallest absolute Gasteiger partial charge is 0.216 e. The van der Waals surface area contributed by atoms with Gasteiger partial charge in [-0.25, -0.2) is 13.1 Å². The lowest BCUT2D eigenvalue weighted by molar-refractivity contribution is 0.444. The van der Waals surface area contributed by atoms with Gasteiger partial charge in [0.1, 0.15) is 11.5 Å². The largest absolute Gasteiger partial charge is 0.464 e. The lowest BCUT2D eigenvalue weighted by Gasteiger charge is -2.13. The monoisotopic (exact) mass is 376 g/mol. The number of sulfonamides is 1. The maximum atomic E-state index is 12.2. The molecule has 1 aromatic carbocycles. The molecule has 0 spiro atoms. The minimum absolute atomic E-state index is 0.00645. The summed E-state index contributed by atoms with van der Waals surface area (Å²) in [5.41, 5.74) is 1.81. The highest BCUT2D eigenvalue weighted by Gasteiger charge is 2.36. The first-order chi connectivity index (χ1) is 12.3. The fourth-order valence-electron chi connectivity index (χ4n) is 3.20. The maximum Gasteiger partial charge on any atom is 0.216 e. The summed E-state index contributed by atoms with van der Waals surface area (Å²) in [6.45, 7) is 7.12. The van der Waals surface area contributed by atoms with Crippen molar-refractivity contribution in [3.05, 3.63) is 59.0 Å². The molecule has 5 nitrogen and oxygen atoms in total. The van der Waals surface area contributed by atoms with E-state index in [2.05, 4.69) is 23.0 Å². The number of nitrogens with one attached hydrogen (secondary N) is 2. The molecular weight excluding hydrogens is 348 g/mol. The van der Waals surface area contributed by atoms with Crippen LogP contribution in [-0.4, -0.2) is 14.5 Å². The normalized spacial score (nSPS) is 19.8. The first-order valence-corrected chi connectivity index (χ1v) is 10.9. The van der Waals surface area contributed by atoms with Gasteiger partial charge >= 0.3 is 0 Å². The van der Waals surface area contributed by atoms with E-state index in [0.717, 1.165) is 28.6 Å². The van der Waals surface area contributed by atoms with Gasteiger partial charge < -0.3 is 9.73 Å². The number of hydrogen-bond donors (Lipinski definition) is 2. The van der Waals surface area contributed by atoms with Crippen LogP contribution in [0.15, 0.2) is 40.8 Å². The summed E-state index contributed by atoms with van der Waals surface area (Å²) in [6, 6.07) is 11.6. The fraction of sp³-hybridized carbons (Fsp3) is 0.500. The van der Waals surface area contributed by atoms with Gasteiger partial charge in [0.15, 0.2) is 0 Å². The molecule has 0 bridgehead atoms. The third-order valence-corrected chi connectivity index (χ3v) is 6.17. The van der Waals surface area contributed by atoms with Crippen LogP contribution >= 0.6 is 0 Å². The van der Waals surface area contributed by atoms with Crippen LogP contribution < -0.4 is 10.0 Å². The van der Waals surface area contributed by atoms with E-state index in [4.69, 9.17) is 4.42 Å². The van der Waals surface area contributed by atoms with E-state index in [1.165, 1.54) is 6.42 Å². The van der Waals surface area contributed by atoms with Crippen molar-refractivity contribution in [2.45, 2.75) is 58.0 Å². The van der Waals surface area contributed by atoms with E-state index < -0.39 is 10.0 Å². The second kappa shape index (κ2) is 7.94. The first kappa shape index (κ1) is 19.1. The van der Waals surface area contributed by atoms with Gasteiger partial charge in [-0.2, -0.15) is 0 Å². The molecule has 3 rings (SSSR count). The summed E-state index contributed by atoms with van der Waals surface area (Å²) in [6.07, 6.45) is 1.21. The molecule has 26 heavy (non-hydrogen) atoms. The Labute approximate surface area is 156 Å². The van der Waals surface area contributed by atoms with Crippen LogP contribution in [0.3, 0.4) is 0 Å². The Balaban J connectivity index is 1.57. The van der Waals surface area contributed by atoms with Crippen LogP contribution in [0.2, 0.25) is 0 Å². The maximum absolute atomic E-state index is 12.2. The van der Waals surface area contributed by atoms with Crippen molar-refractivity contribution in [3.8, 4) is 0 Å². The summed E-state index contributed by atoms with van der Waals surface area (Å²) >= 11 is 0. The topological polar surface area (TPSA) is 71.3 Å². The fourth-order valence-corrected chi connectivity index (χ4v) is 4.70.